The maximum absolute atomic E-state index is 12.6. The van der Waals surface area contributed by atoms with Crippen LogP contribution in [-0.2, 0) is 21.4 Å². The lowest BCUT2D eigenvalue weighted by molar-refractivity contribution is 0.0593. The van der Waals surface area contributed by atoms with Crippen molar-refractivity contribution in [2.45, 2.75) is 11.6 Å². The van der Waals surface area contributed by atoms with E-state index in [0.29, 0.717) is 32.8 Å². The van der Waals surface area contributed by atoms with Crippen LogP contribution in [0.15, 0.2) is 35.6 Å². The van der Waals surface area contributed by atoms with Gasteiger partial charge in [-0.3, -0.25) is 9.88 Å². The van der Waals surface area contributed by atoms with Gasteiger partial charge in [0.2, 0.25) is 10.0 Å². The van der Waals surface area contributed by atoms with Crippen LogP contribution < -0.4 is 0 Å². The van der Waals surface area contributed by atoms with Crippen LogP contribution in [0.2, 0.25) is 0 Å². The molecule has 1 aliphatic rings. The largest absolute Gasteiger partial charge is 0.464 e. The Bertz CT molecular complexity index is 830. The molecule has 0 spiro atoms. The lowest BCUT2D eigenvalue weighted by Gasteiger charge is -2.33. The van der Waals surface area contributed by atoms with E-state index in [1.807, 2.05) is 4.90 Å². The van der Waals surface area contributed by atoms with E-state index in [9.17, 15) is 13.2 Å². The van der Waals surface area contributed by atoms with Gasteiger partial charge in [0.1, 0.15) is 4.90 Å². The average molecular weight is 366 g/mol. The molecule has 0 atom stereocenters. The van der Waals surface area contributed by atoms with E-state index < -0.39 is 16.0 Å². The predicted octanol–water partition coefficient (Wildman–Crippen LogP) is -0.576. The quantitative estimate of drug-likeness (QED) is 0.647. The molecule has 134 valence electrons. The van der Waals surface area contributed by atoms with Crippen LogP contribution >= 0.6 is 0 Å². The van der Waals surface area contributed by atoms with E-state index in [1.54, 1.807) is 12.1 Å². The smallest absolute Gasteiger partial charge is 0.360 e. The van der Waals surface area contributed by atoms with Gasteiger partial charge in [-0.15, -0.1) is 5.10 Å². The zero-order valence-corrected chi connectivity index (χ0v) is 14.5. The molecular weight excluding hydrogens is 348 g/mol. The molecule has 0 unspecified atom stereocenters. The second-order valence-electron chi connectivity index (χ2n) is 5.49. The minimum atomic E-state index is -3.52. The summed E-state index contributed by atoms with van der Waals surface area (Å²) in [6.07, 6.45) is 4.40. The highest BCUT2D eigenvalue weighted by Gasteiger charge is 2.28. The molecule has 3 heterocycles. The molecule has 0 amide bonds. The van der Waals surface area contributed by atoms with E-state index in [-0.39, 0.29) is 10.6 Å². The Morgan fingerprint density at radius 3 is 2.68 bits per heavy atom. The highest BCUT2D eigenvalue weighted by atomic mass is 32.2. The summed E-state index contributed by atoms with van der Waals surface area (Å²) in [5.41, 5.74) is 0.139. The maximum Gasteiger partial charge on any atom is 0.360 e. The Morgan fingerprint density at radius 1 is 1.28 bits per heavy atom. The van der Waals surface area contributed by atoms with Gasteiger partial charge in [0, 0.05) is 38.6 Å². The molecule has 2 aromatic rings. The first-order valence-electron chi connectivity index (χ1n) is 7.61. The fourth-order valence-electron chi connectivity index (χ4n) is 2.53. The first-order chi connectivity index (χ1) is 12.0. The number of pyridine rings is 1. The highest BCUT2D eigenvalue weighted by Crippen LogP contribution is 2.16. The number of sulfonamides is 1. The number of aromatic nitrogens is 4. The molecule has 10 nitrogen and oxygen atoms in total. The third kappa shape index (κ3) is 3.83. The number of carbonyl (C=O) groups is 1. The number of hydrogen-bond donors (Lipinski definition) is 0. The van der Waals surface area contributed by atoms with Crippen molar-refractivity contribution in [3.63, 3.8) is 0 Å². The molecule has 3 rings (SSSR count). The Labute approximate surface area is 145 Å². The van der Waals surface area contributed by atoms with Gasteiger partial charge in [-0.1, -0.05) is 5.21 Å². The Hall–Kier alpha value is -2.37. The van der Waals surface area contributed by atoms with Crippen molar-refractivity contribution in [1.82, 2.24) is 29.2 Å². The van der Waals surface area contributed by atoms with Gasteiger partial charge in [-0.25, -0.2) is 17.9 Å². The molecular formula is C14H18N6O4S. The number of rotatable bonds is 5. The van der Waals surface area contributed by atoms with Gasteiger partial charge in [0.15, 0.2) is 5.69 Å². The van der Waals surface area contributed by atoms with Crippen LogP contribution in [-0.4, -0.2) is 76.9 Å². The van der Waals surface area contributed by atoms with Crippen molar-refractivity contribution in [2.24, 2.45) is 0 Å². The molecule has 0 bridgehead atoms. The van der Waals surface area contributed by atoms with Crippen LogP contribution in [0.5, 0.6) is 0 Å². The lowest BCUT2D eigenvalue weighted by Crippen LogP contribution is -2.48. The van der Waals surface area contributed by atoms with Crippen LogP contribution in [0.1, 0.15) is 10.5 Å². The van der Waals surface area contributed by atoms with Gasteiger partial charge < -0.3 is 4.74 Å². The van der Waals surface area contributed by atoms with Crippen LogP contribution in [0.4, 0.5) is 0 Å². The lowest BCUT2D eigenvalue weighted by atomic mass is 10.4. The molecule has 1 saturated heterocycles. The SMILES string of the molecule is COC(=O)c1cn(CN2CCN(S(=O)(=O)c3cccnc3)CC2)nn1. The van der Waals surface area contributed by atoms with Crippen LogP contribution in [0.25, 0.3) is 0 Å². The van der Waals surface area contributed by atoms with Crippen molar-refractivity contribution in [3.8, 4) is 0 Å². The van der Waals surface area contributed by atoms with Crippen molar-refractivity contribution in [3.05, 3.63) is 36.4 Å². The summed E-state index contributed by atoms with van der Waals surface area (Å²) < 4.78 is 32.7. The number of piperazine rings is 1. The second kappa shape index (κ2) is 7.25. The molecule has 0 aromatic carbocycles. The molecule has 0 aliphatic carbocycles. The number of carbonyl (C=O) groups excluding carboxylic acids is 1. The fourth-order valence-corrected chi connectivity index (χ4v) is 3.92. The molecule has 0 radical (unpaired) electrons. The van der Waals surface area contributed by atoms with E-state index in [0.717, 1.165) is 0 Å². The Balaban J connectivity index is 1.59. The zero-order chi connectivity index (χ0) is 17.9. The average Bonchev–Trinajstić information content (AvgIpc) is 3.11. The van der Waals surface area contributed by atoms with E-state index >= 15 is 0 Å². The van der Waals surface area contributed by atoms with Crippen LogP contribution in [0, 0.1) is 0 Å². The summed E-state index contributed by atoms with van der Waals surface area (Å²) in [4.78, 5) is 17.5. The summed E-state index contributed by atoms with van der Waals surface area (Å²) in [7, 11) is -2.24. The second-order valence-corrected chi connectivity index (χ2v) is 7.43. The molecule has 1 aliphatic heterocycles. The van der Waals surface area contributed by atoms with Crippen LogP contribution in [0.3, 0.4) is 0 Å². The monoisotopic (exact) mass is 366 g/mol. The van der Waals surface area contributed by atoms with Crippen molar-refractivity contribution in [2.75, 3.05) is 33.3 Å². The predicted molar refractivity (Wildman–Crippen MR) is 85.9 cm³/mol. The minimum absolute atomic E-state index is 0.139. The van der Waals surface area contributed by atoms with Gasteiger partial charge in [-0.2, -0.15) is 4.31 Å². The van der Waals surface area contributed by atoms with Gasteiger partial charge in [-0.05, 0) is 12.1 Å². The van der Waals surface area contributed by atoms with E-state index in [1.165, 1.54) is 34.7 Å². The summed E-state index contributed by atoms with van der Waals surface area (Å²) in [6.45, 7) is 2.26. The third-order valence-electron chi connectivity index (χ3n) is 3.88. The minimum Gasteiger partial charge on any atom is -0.464 e. The molecule has 0 N–H and O–H groups in total. The van der Waals surface area contributed by atoms with Gasteiger partial charge in [0.05, 0.1) is 20.0 Å². The summed E-state index contributed by atoms with van der Waals surface area (Å²) in [5, 5.41) is 7.62. The number of methoxy groups -OCH3 is 1. The standard InChI is InChI=1S/C14H18N6O4S/c1-24-14(21)13-10-19(17-16-13)11-18-5-7-20(8-6-18)25(22,23)12-3-2-4-15-9-12/h2-4,9-10H,5-8,11H2,1H3. The van der Waals surface area contributed by atoms with Gasteiger partial charge >= 0.3 is 5.97 Å². The number of ether oxygens (including phenoxy) is 1. The highest BCUT2D eigenvalue weighted by molar-refractivity contribution is 7.89. The zero-order valence-electron chi connectivity index (χ0n) is 13.6. The Kier molecular flexibility index (Phi) is 5.06. The summed E-state index contributed by atoms with van der Waals surface area (Å²) in [5.74, 6) is -0.543. The molecule has 1 fully saturated rings. The van der Waals surface area contributed by atoms with Crippen molar-refractivity contribution >= 4 is 16.0 Å². The van der Waals surface area contributed by atoms with Gasteiger partial charge in [0.25, 0.3) is 0 Å². The molecule has 0 saturated carbocycles. The number of nitrogens with zero attached hydrogens (tertiary/aromatic N) is 6. The summed E-state index contributed by atoms with van der Waals surface area (Å²) in [6, 6.07) is 3.14. The molecule has 25 heavy (non-hydrogen) atoms. The van der Waals surface area contributed by atoms with Crippen molar-refractivity contribution < 1.29 is 17.9 Å². The first-order valence-corrected chi connectivity index (χ1v) is 9.05. The third-order valence-corrected chi connectivity index (χ3v) is 5.76. The fraction of sp³-hybridized carbons (Fsp3) is 0.429. The number of hydrogen-bond acceptors (Lipinski definition) is 8. The van der Waals surface area contributed by atoms with Crippen molar-refractivity contribution in [1.29, 1.82) is 0 Å². The molecule has 11 heteroatoms. The first kappa shape index (κ1) is 17.5. The normalized spacial score (nSPS) is 16.7. The maximum atomic E-state index is 12.6. The molecule has 2 aromatic heterocycles. The van der Waals surface area contributed by atoms with E-state index in [2.05, 4.69) is 20.0 Å². The summed E-state index contributed by atoms with van der Waals surface area (Å²) >= 11 is 0. The Morgan fingerprint density at radius 2 is 2.04 bits per heavy atom. The number of esters is 1. The van der Waals surface area contributed by atoms with E-state index in [4.69, 9.17) is 0 Å². The topological polar surface area (TPSA) is 111 Å².